The second kappa shape index (κ2) is 3.67. The lowest BCUT2D eigenvalue weighted by molar-refractivity contribution is 0.295. The van der Waals surface area contributed by atoms with Gasteiger partial charge in [-0.25, -0.2) is 4.39 Å². The molecular weight excluding hydrogens is 148 g/mol. The monoisotopic (exact) mass is 155 g/mol. The van der Waals surface area contributed by atoms with Crippen molar-refractivity contribution >= 4 is 11.6 Å². The maximum Gasteiger partial charge on any atom is 0.203 e. The minimum absolute atomic E-state index is 0.0699. The molecule has 0 radical (unpaired) electrons. The lowest BCUT2D eigenvalue weighted by atomic mass is 10.6. The summed E-state index contributed by atoms with van der Waals surface area (Å²) in [6.07, 6.45) is -1.40. The van der Waals surface area contributed by atoms with E-state index in [1.165, 1.54) is 13.8 Å². The Labute approximate surface area is 57.7 Å². The van der Waals surface area contributed by atoms with Crippen LogP contribution in [0.3, 0.4) is 0 Å². The molecule has 0 saturated carbocycles. The van der Waals surface area contributed by atoms with Crippen LogP contribution in [0.5, 0.6) is 0 Å². The maximum atomic E-state index is 12.2. The van der Waals surface area contributed by atoms with E-state index in [9.17, 15) is 8.78 Å². The fourth-order valence-electron chi connectivity index (χ4n) is 0.274. The fraction of sp³-hybridized carbons (Fsp3) is 0.600. The van der Waals surface area contributed by atoms with Crippen LogP contribution in [0.4, 0.5) is 8.78 Å². The third kappa shape index (κ3) is 4.21. The van der Waals surface area contributed by atoms with E-state index in [-0.39, 0.29) is 5.03 Å². The third-order valence-electron chi connectivity index (χ3n) is 0.628. The van der Waals surface area contributed by atoms with Crippen molar-refractivity contribution in [2.24, 2.45) is 0 Å². The van der Waals surface area contributed by atoms with Crippen LogP contribution in [0.25, 0.3) is 0 Å². The number of rotatable bonds is 2. The predicted molar refractivity (Wildman–Crippen MR) is 33.4 cm³/mol. The molecule has 0 amide bonds. The quantitative estimate of drug-likeness (QED) is 0.604. The van der Waals surface area contributed by atoms with Gasteiger partial charge in [-0.15, -0.1) is 0 Å². The summed E-state index contributed by atoms with van der Waals surface area (Å²) in [5.74, 6) is -0.813. The first kappa shape index (κ1) is 8.69. The second-order valence-electron chi connectivity index (χ2n) is 1.61. The van der Waals surface area contributed by atoms with Gasteiger partial charge >= 0.3 is 0 Å². The van der Waals surface area contributed by atoms with Crippen LogP contribution in [0, 0.1) is 0 Å². The first-order chi connectivity index (χ1) is 4.04. The highest BCUT2D eigenvalue weighted by Gasteiger charge is 2.01. The number of hydrogen-bond donors (Lipinski definition) is 1. The van der Waals surface area contributed by atoms with Crippen molar-refractivity contribution in [2.75, 3.05) is 0 Å². The Bertz CT molecular complexity index is 118. The van der Waals surface area contributed by atoms with Gasteiger partial charge < -0.3 is 5.32 Å². The largest absolute Gasteiger partial charge is 0.332 e. The maximum absolute atomic E-state index is 12.2. The van der Waals surface area contributed by atoms with Crippen LogP contribution in [0.15, 0.2) is 11.0 Å². The van der Waals surface area contributed by atoms with E-state index in [0.29, 0.717) is 0 Å². The molecule has 54 valence electrons. The van der Waals surface area contributed by atoms with Crippen molar-refractivity contribution in [3.05, 3.63) is 11.0 Å². The molecular formula is C5H8ClF2N. The van der Waals surface area contributed by atoms with Crippen LogP contribution in [-0.4, -0.2) is 6.30 Å². The molecule has 0 heterocycles. The van der Waals surface area contributed by atoms with E-state index in [4.69, 9.17) is 11.6 Å². The molecule has 4 heteroatoms. The minimum Gasteiger partial charge on any atom is -0.332 e. The van der Waals surface area contributed by atoms with Gasteiger partial charge in [-0.05, 0) is 13.8 Å². The summed E-state index contributed by atoms with van der Waals surface area (Å²) in [4.78, 5) is 0. The molecule has 0 aliphatic heterocycles. The molecule has 0 rings (SSSR count). The van der Waals surface area contributed by atoms with Gasteiger partial charge in [-0.2, -0.15) is 4.39 Å². The zero-order valence-corrected chi connectivity index (χ0v) is 5.97. The molecule has 0 aromatic rings. The van der Waals surface area contributed by atoms with Crippen LogP contribution < -0.4 is 5.32 Å². The highest BCUT2D eigenvalue weighted by molar-refractivity contribution is 6.29. The summed E-state index contributed by atoms with van der Waals surface area (Å²) in [6, 6.07) is 0. The van der Waals surface area contributed by atoms with Crippen LogP contribution in [0.1, 0.15) is 13.8 Å². The molecule has 0 aliphatic carbocycles. The Kier molecular flexibility index (Phi) is 3.54. The van der Waals surface area contributed by atoms with Crippen molar-refractivity contribution in [3.63, 3.8) is 0 Å². The Morgan fingerprint density at radius 1 is 1.67 bits per heavy atom. The topological polar surface area (TPSA) is 12.0 Å². The van der Waals surface area contributed by atoms with Gasteiger partial charge in [0.25, 0.3) is 0 Å². The lowest BCUT2D eigenvalue weighted by Crippen LogP contribution is -2.18. The third-order valence-corrected chi connectivity index (χ3v) is 0.794. The van der Waals surface area contributed by atoms with Gasteiger partial charge in [0.1, 0.15) is 0 Å². The van der Waals surface area contributed by atoms with Crippen LogP contribution >= 0.6 is 11.6 Å². The van der Waals surface area contributed by atoms with E-state index in [1.54, 1.807) is 0 Å². The molecule has 0 aliphatic rings. The fourth-order valence-corrected chi connectivity index (χ4v) is 0.329. The Balaban J connectivity index is 3.77. The normalized spacial score (nSPS) is 16.6. The standard InChI is InChI=1S/C5H8ClF2N/c1-3(6)5(8)9-4(2)7/h4,9H,1-2H3/b5-3+. The van der Waals surface area contributed by atoms with Crippen molar-refractivity contribution < 1.29 is 8.78 Å². The highest BCUT2D eigenvalue weighted by atomic mass is 35.5. The van der Waals surface area contributed by atoms with E-state index in [0.717, 1.165) is 0 Å². The first-order valence-electron chi connectivity index (χ1n) is 2.46. The summed E-state index contributed by atoms with van der Waals surface area (Å²) in [5, 5.41) is 1.79. The summed E-state index contributed by atoms with van der Waals surface area (Å²) < 4.78 is 24.0. The van der Waals surface area contributed by atoms with Crippen molar-refractivity contribution in [3.8, 4) is 0 Å². The van der Waals surface area contributed by atoms with E-state index < -0.39 is 12.2 Å². The lowest BCUT2D eigenvalue weighted by Gasteiger charge is -2.02. The van der Waals surface area contributed by atoms with Crippen LogP contribution in [-0.2, 0) is 0 Å². The summed E-state index contributed by atoms with van der Waals surface area (Å²) in [5.41, 5.74) is 0. The zero-order valence-electron chi connectivity index (χ0n) is 5.21. The molecule has 0 bridgehead atoms. The van der Waals surface area contributed by atoms with Crippen molar-refractivity contribution in [2.45, 2.75) is 20.1 Å². The van der Waals surface area contributed by atoms with Crippen LogP contribution in [0.2, 0.25) is 0 Å². The molecule has 0 aromatic heterocycles. The summed E-state index contributed by atoms with van der Waals surface area (Å²) >= 11 is 5.15. The molecule has 1 nitrogen and oxygen atoms in total. The Morgan fingerprint density at radius 3 is 2.22 bits per heavy atom. The van der Waals surface area contributed by atoms with Gasteiger partial charge in [0.15, 0.2) is 6.30 Å². The number of alkyl halides is 1. The van der Waals surface area contributed by atoms with E-state index in [2.05, 4.69) is 0 Å². The predicted octanol–water partition coefficient (Wildman–Crippen LogP) is 2.29. The molecule has 0 spiro atoms. The average molecular weight is 156 g/mol. The SMILES string of the molecule is C/C(Cl)=C(/F)NC(C)F. The van der Waals surface area contributed by atoms with Gasteiger partial charge in [0.2, 0.25) is 5.95 Å². The molecule has 0 aromatic carbocycles. The molecule has 0 saturated heterocycles. The zero-order chi connectivity index (χ0) is 7.44. The Morgan fingerprint density at radius 2 is 2.11 bits per heavy atom. The number of hydrogen-bond acceptors (Lipinski definition) is 1. The van der Waals surface area contributed by atoms with Gasteiger partial charge in [-0.1, -0.05) is 11.6 Å². The minimum atomic E-state index is -1.40. The molecule has 0 fully saturated rings. The van der Waals surface area contributed by atoms with Gasteiger partial charge in [0, 0.05) is 0 Å². The van der Waals surface area contributed by atoms with Gasteiger partial charge in [0.05, 0.1) is 5.03 Å². The molecule has 1 atom stereocenters. The molecule has 9 heavy (non-hydrogen) atoms. The molecule has 1 unspecified atom stereocenters. The Hall–Kier alpha value is -0.310. The smallest absolute Gasteiger partial charge is 0.203 e. The summed E-state index contributed by atoms with van der Waals surface area (Å²) in [7, 11) is 0. The average Bonchev–Trinajstić information content (AvgIpc) is 1.63. The molecule has 1 N–H and O–H groups in total. The number of nitrogens with one attached hydrogen (secondary N) is 1. The van der Waals surface area contributed by atoms with Gasteiger partial charge in [-0.3, -0.25) is 0 Å². The first-order valence-corrected chi connectivity index (χ1v) is 2.84. The number of halogens is 3. The van der Waals surface area contributed by atoms with Crippen molar-refractivity contribution in [1.29, 1.82) is 0 Å². The van der Waals surface area contributed by atoms with Crippen molar-refractivity contribution in [1.82, 2.24) is 5.32 Å². The number of allylic oxidation sites excluding steroid dienone is 1. The van der Waals surface area contributed by atoms with E-state index in [1.807, 2.05) is 5.32 Å². The van der Waals surface area contributed by atoms with E-state index >= 15 is 0 Å². The second-order valence-corrected chi connectivity index (χ2v) is 2.17. The summed E-state index contributed by atoms with van der Waals surface area (Å²) in [6.45, 7) is 2.52. The highest BCUT2D eigenvalue weighted by Crippen LogP contribution is 2.06.